The quantitative estimate of drug-likeness (QED) is 0.662. The Hall–Kier alpha value is -1.86. The van der Waals surface area contributed by atoms with Gasteiger partial charge in [-0.2, -0.15) is 0 Å². The molecule has 0 saturated carbocycles. The van der Waals surface area contributed by atoms with Crippen LogP contribution in [0.5, 0.6) is 5.75 Å². The number of sulfone groups is 1. The molecule has 2 rings (SSSR count). The second kappa shape index (κ2) is 5.26. The first kappa shape index (κ1) is 14.5. The predicted octanol–water partition coefficient (Wildman–Crippen LogP) is 1.95. The molecule has 0 bridgehead atoms. The fourth-order valence-electron chi connectivity index (χ4n) is 1.67. The maximum Gasteiger partial charge on any atom is 0.193 e. The molecule has 1 aromatic carbocycles. The van der Waals surface area contributed by atoms with Gasteiger partial charge in [0.2, 0.25) is 0 Å². The van der Waals surface area contributed by atoms with Gasteiger partial charge in [0, 0.05) is 12.4 Å². The number of hydrogen-bond donors (Lipinski definition) is 2. The lowest BCUT2D eigenvalue weighted by Crippen LogP contribution is -2.14. The van der Waals surface area contributed by atoms with E-state index in [9.17, 15) is 13.5 Å². The van der Waals surface area contributed by atoms with Gasteiger partial charge in [0.1, 0.15) is 16.0 Å². The number of phenols is 1. The van der Waals surface area contributed by atoms with Gasteiger partial charge in [-0.25, -0.2) is 18.4 Å². The zero-order valence-corrected chi connectivity index (χ0v) is 12.1. The first-order valence-electron chi connectivity index (χ1n) is 5.63. The van der Waals surface area contributed by atoms with Crippen molar-refractivity contribution >= 4 is 27.1 Å². The summed E-state index contributed by atoms with van der Waals surface area (Å²) in [7, 11) is -3.96. The molecular formula is C12H12ClN3O3S. The molecule has 8 heteroatoms. The van der Waals surface area contributed by atoms with Gasteiger partial charge in [-0.05, 0) is 25.1 Å². The van der Waals surface area contributed by atoms with E-state index >= 15 is 0 Å². The lowest BCUT2D eigenvalue weighted by Gasteiger charge is -2.14. The Kier molecular flexibility index (Phi) is 3.82. The smallest absolute Gasteiger partial charge is 0.193 e. The van der Waals surface area contributed by atoms with E-state index in [4.69, 9.17) is 17.3 Å². The minimum absolute atomic E-state index is 0.0610. The summed E-state index contributed by atoms with van der Waals surface area (Å²) in [6.45, 7) is 1.42. The van der Waals surface area contributed by atoms with E-state index in [0.29, 0.717) is 0 Å². The van der Waals surface area contributed by atoms with Crippen LogP contribution >= 0.6 is 11.6 Å². The highest BCUT2D eigenvalue weighted by atomic mass is 35.5. The number of benzene rings is 1. The molecule has 0 radical (unpaired) electrons. The molecule has 20 heavy (non-hydrogen) atoms. The molecule has 3 N–H and O–H groups in total. The lowest BCUT2D eigenvalue weighted by molar-refractivity contribution is 0.461. The average Bonchev–Trinajstić information content (AvgIpc) is 2.43. The summed E-state index contributed by atoms with van der Waals surface area (Å²) in [6, 6.07) is 4.23. The molecule has 1 atom stereocenters. The second-order valence-corrected chi connectivity index (χ2v) is 6.72. The third-order valence-electron chi connectivity index (χ3n) is 2.81. The van der Waals surface area contributed by atoms with Crippen molar-refractivity contribution < 1.29 is 13.5 Å². The SMILES string of the molecule is CC(c1ncccn1)S(=O)(=O)c1c(Cl)ccc(N)c1O. The number of aromatic nitrogens is 2. The molecule has 0 fully saturated rings. The molecule has 106 valence electrons. The number of hydrogen-bond acceptors (Lipinski definition) is 6. The molecule has 0 saturated heterocycles. The Balaban J connectivity index is 2.60. The van der Waals surface area contributed by atoms with E-state index in [1.165, 1.54) is 31.5 Å². The van der Waals surface area contributed by atoms with Gasteiger partial charge in [-0.1, -0.05) is 11.6 Å². The molecule has 0 spiro atoms. The van der Waals surface area contributed by atoms with E-state index in [1.807, 2.05) is 0 Å². The number of nitrogen functional groups attached to an aromatic ring is 1. The molecular weight excluding hydrogens is 302 g/mol. The maximum atomic E-state index is 12.5. The Morgan fingerprint density at radius 1 is 1.30 bits per heavy atom. The van der Waals surface area contributed by atoms with Crippen LogP contribution in [0, 0.1) is 0 Å². The molecule has 1 aromatic heterocycles. The summed E-state index contributed by atoms with van der Waals surface area (Å²) in [5.74, 6) is -0.439. The summed E-state index contributed by atoms with van der Waals surface area (Å²) in [4.78, 5) is 7.41. The topological polar surface area (TPSA) is 106 Å². The third-order valence-corrected chi connectivity index (χ3v) is 5.37. The Bertz CT molecular complexity index is 735. The van der Waals surface area contributed by atoms with Gasteiger partial charge in [0.05, 0.1) is 10.7 Å². The molecule has 0 aliphatic carbocycles. The first-order valence-corrected chi connectivity index (χ1v) is 7.56. The number of nitrogens with two attached hydrogens (primary N) is 1. The molecule has 0 aliphatic rings. The minimum Gasteiger partial charge on any atom is -0.504 e. The number of phenolic OH excluding ortho intramolecular Hbond substituents is 1. The predicted molar refractivity (Wildman–Crippen MR) is 75.2 cm³/mol. The monoisotopic (exact) mass is 313 g/mol. The van der Waals surface area contributed by atoms with Crippen LogP contribution in [0.2, 0.25) is 5.02 Å². The van der Waals surface area contributed by atoms with Crippen molar-refractivity contribution in [1.29, 1.82) is 0 Å². The van der Waals surface area contributed by atoms with E-state index in [-0.39, 0.29) is 16.5 Å². The van der Waals surface area contributed by atoms with Crippen molar-refractivity contribution in [3.05, 3.63) is 41.4 Å². The van der Waals surface area contributed by atoms with Crippen LogP contribution in [-0.4, -0.2) is 23.5 Å². The lowest BCUT2D eigenvalue weighted by atomic mass is 10.3. The summed E-state index contributed by atoms with van der Waals surface area (Å²) < 4.78 is 25.1. The minimum atomic E-state index is -3.96. The van der Waals surface area contributed by atoms with Crippen LogP contribution in [0.3, 0.4) is 0 Å². The molecule has 1 heterocycles. The highest BCUT2D eigenvalue weighted by molar-refractivity contribution is 7.91. The van der Waals surface area contributed by atoms with Crippen molar-refractivity contribution in [2.45, 2.75) is 17.1 Å². The second-order valence-electron chi connectivity index (χ2n) is 4.11. The van der Waals surface area contributed by atoms with Crippen LogP contribution in [0.25, 0.3) is 0 Å². The number of rotatable bonds is 3. The van der Waals surface area contributed by atoms with Crippen LogP contribution in [0.1, 0.15) is 18.0 Å². The van der Waals surface area contributed by atoms with E-state index in [2.05, 4.69) is 9.97 Å². The van der Waals surface area contributed by atoms with Crippen molar-refractivity contribution in [3.8, 4) is 5.75 Å². The number of nitrogens with zero attached hydrogens (tertiary/aromatic N) is 2. The summed E-state index contributed by atoms with van der Waals surface area (Å²) in [6.07, 6.45) is 2.88. The Labute approximate surface area is 121 Å². The maximum absolute atomic E-state index is 12.5. The standard InChI is InChI=1S/C12H12ClN3O3S/c1-7(12-15-5-2-6-16-12)20(18,19)11-8(13)3-4-9(14)10(11)17/h2-7,17H,14H2,1H3. The van der Waals surface area contributed by atoms with Crippen LogP contribution in [0.15, 0.2) is 35.5 Å². The first-order chi connectivity index (χ1) is 9.35. The van der Waals surface area contributed by atoms with Crippen LogP contribution in [-0.2, 0) is 9.84 Å². The molecule has 0 amide bonds. The summed E-state index contributed by atoms with van der Waals surface area (Å²) >= 11 is 5.88. The normalized spacial score (nSPS) is 13.1. The largest absolute Gasteiger partial charge is 0.504 e. The van der Waals surface area contributed by atoms with Gasteiger partial charge in [-0.3, -0.25) is 0 Å². The van der Waals surface area contributed by atoms with Crippen molar-refractivity contribution in [2.75, 3.05) is 5.73 Å². The van der Waals surface area contributed by atoms with Gasteiger partial charge in [0.25, 0.3) is 0 Å². The van der Waals surface area contributed by atoms with Gasteiger partial charge in [0.15, 0.2) is 15.6 Å². The van der Waals surface area contributed by atoms with E-state index in [0.717, 1.165) is 0 Å². The van der Waals surface area contributed by atoms with Gasteiger partial charge in [-0.15, -0.1) is 0 Å². The fraction of sp³-hybridized carbons (Fsp3) is 0.167. The number of aromatic hydroxyl groups is 1. The van der Waals surface area contributed by atoms with Gasteiger partial charge >= 0.3 is 0 Å². The summed E-state index contributed by atoms with van der Waals surface area (Å²) in [5.41, 5.74) is 5.46. The Morgan fingerprint density at radius 3 is 2.50 bits per heavy atom. The highest BCUT2D eigenvalue weighted by Crippen LogP contribution is 2.40. The Morgan fingerprint density at radius 2 is 1.90 bits per heavy atom. The third kappa shape index (κ3) is 2.41. The van der Waals surface area contributed by atoms with Crippen LogP contribution < -0.4 is 5.73 Å². The number of halogens is 1. The van der Waals surface area contributed by atoms with Crippen molar-refractivity contribution in [1.82, 2.24) is 9.97 Å². The molecule has 0 aliphatic heterocycles. The molecule has 2 aromatic rings. The zero-order chi connectivity index (χ0) is 14.9. The van der Waals surface area contributed by atoms with E-state index in [1.54, 1.807) is 6.07 Å². The molecule has 6 nitrogen and oxygen atoms in total. The van der Waals surface area contributed by atoms with Gasteiger partial charge < -0.3 is 10.8 Å². The summed E-state index contributed by atoms with van der Waals surface area (Å²) in [5, 5.41) is 8.72. The van der Waals surface area contributed by atoms with Crippen molar-refractivity contribution in [2.24, 2.45) is 0 Å². The zero-order valence-electron chi connectivity index (χ0n) is 10.5. The van der Waals surface area contributed by atoms with Crippen LogP contribution in [0.4, 0.5) is 5.69 Å². The van der Waals surface area contributed by atoms with E-state index < -0.39 is 25.7 Å². The number of anilines is 1. The average molecular weight is 314 g/mol. The van der Waals surface area contributed by atoms with Crippen molar-refractivity contribution in [3.63, 3.8) is 0 Å². The fourth-order valence-corrected chi connectivity index (χ4v) is 3.62. The highest BCUT2D eigenvalue weighted by Gasteiger charge is 2.32. The molecule has 1 unspecified atom stereocenters.